The van der Waals surface area contributed by atoms with Gasteiger partial charge in [0.25, 0.3) is 5.91 Å². The van der Waals surface area contributed by atoms with Gasteiger partial charge in [-0.05, 0) is 72.4 Å². The molecule has 0 heterocycles. The van der Waals surface area contributed by atoms with Crippen LogP contribution in [0.3, 0.4) is 0 Å². The number of amides is 1. The molecule has 1 aliphatic rings. The Hall–Kier alpha value is -0.330. The van der Waals surface area contributed by atoms with Crippen molar-refractivity contribution >= 4 is 40.1 Å². The first kappa shape index (κ1) is 16.0. The predicted octanol–water partition coefficient (Wildman–Crippen LogP) is 3.62. The molecule has 0 spiro atoms. The minimum absolute atomic E-state index is 0.177. The number of nitrogens with one attached hydrogen (secondary N) is 1. The van der Waals surface area contributed by atoms with Crippen molar-refractivity contribution in [1.29, 1.82) is 0 Å². The molecule has 1 saturated carbocycles. The van der Waals surface area contributed by atoms with E-state index >= 15 is 0 Å². The van der Waals surface area contributed by atoms with Crippen LogP contribution in [0.1, 0.15) is 43.0 Å². The highest BCUT2D eigenvalue weighted by atomic mass is 127. The standard InChI is InChI=1S/C15H19ClINO2/c1-10-4-6-15(20,7-5-10)9-18-14(19)12-8-11(16)2-3-13(12)17/h2-3,8,10,20H,4-7,9H2,1H3,(H,18,19). The fourth-order valence-corrected chi connectivity index (χ4v) is 3.24. The number of hydrogen-bond donors (Lipinski definition) is 2. The first-order valence-corrected chi connectivity index (χ1v) is 8.31. The van der Waals surface area contributed by atoms with Crippen LogP contribution in [0.25, 0.3) is 0 Å². The maximum Gasteiger partial charge on any atom is 0.252 e. The molecule has 0 aromatic heterocycles. The molecular formula is C15H19ClINO2. The Morgan fingerprint density at radius 2 is 2.15 bits per heavy atom. The number of benzene rings is 1. The van der Waals surface area contributed by atoms with Crippen molar-refractivity contribution in [2.24, 2.45) is 5.92 Å². The maximum absolute atomic E-state index is 12.2. The van der Waals surface area contributed by atoms with Crippen LogP contribution in [0.5, 0.6) is 0 Å². The third-order valence-electron chi connectivity index (χ3n) is 3.96. The second-order valence-electron chi connectivity index (χ2n) is 5.71. The Balaban J connectivity index is 1.97. The van der Waals surface area contributed by atoms with Gasteiger partial charge in [0.05, 0.1) is 11.2 Å². The zero-order valence-corrected chi connectivity index (χ0v) is 14.4. The fourth-order valence-electron chi connectivity index (χ4n) is 2.49. The fraction of sp³-hybridized carbons (Fsp3) is 0.533. The molecule has 2 N–H and O–H groups in total. The molecule has 110 valence electrons. The van der Waals surface area contributed by atoms with Crippen molar-refractivity contribution in [1.82, 2.24) is 5.32 Å². The summed E-state index contributed by atoms with van der Waals surface area (Å²) in [6.45, 7) is 2.51. The summed E-state index contributed by atoms with van der Waals surface area (Å²) >= 11 is 8.03. The van der Waals surface area contributed by atoms with Crippen molar-refractivity contribution in [2.45, 2.75) is 38.2 Å². The van der Waals surface area contributed by atoms with Gasteiger partial charge in [-0.15, -0.1) is 0 Å². The minimum Gasteiger partial charge on any atom is -0.388 e. The van der Waals surface area contributed by atoms with Gasteiger partial charge >= 0.3 is 0 Å². The summed E-state index contributed by atoms with van der Waals surface area (Å²) in [5.41, 5.74) is -0.197. The molecule has 0 unspecified atom stereocenters. The molecule has 0 aliphatic heterocycles. The summed E-state index contributed by atoms with van der Waals surface area (Å²) in [6.07, 6.45) is 3.53. The van der Waals surface area contributed by atoms with Crippen molar-refractivity contribution < 1.29 is 9.90 Å². The summed E-state index contributed by atoms with van der Waals surface area (Å²) < 4.78 is 0.855. The zero-order valence-electron chi connectivity index (χ0n) is 11.5. The molecule has 3 nitrogen and oxygen atoms in total. The highest BCUT2D eigenvalue weighted by Crippen LogP contribution is 2.31. The molecule has 1 aromatic carbocycles. The lowest BCUT2D eigenvalue weighted by Crippen LogP contribution is -2.45. The lowest BCUT2D eigenvalue weighted by molar-refractivity contribution is -0.00540. The lowest BCUT2D eigenvalue weighted by Gasteiger charge is -2.35. The molecular weight excluding hydrogens is 389 g/mol. The Labute approximate surface area is 138 Å². The summed E-state index contributed by atoms with van der Waals surface area (Å²) in [4.78, 5) is 12.2. The lowest BCUT2D eigenvalue weighted by atomic mass is 9.79. The van der Waals surface area contributed by atoms with Crippen LogP contribution in [0.4, 0.5) is 0 Å². The van der Waals surface area contributed by atoms with E-state index in [0.717, 1.165) is 29.3 Å². The van der Waals surface area contributed by atoms with E-state index in [0.29, 0.717) is 23.0 Å². The molecule has 0 saturated heterocycles. The van der Waals surface area contributed by atoms with E-state index in [-0.39, 0.29) is 5.91 Å². The van der Waals surface area contributed by atoms with Crippen LogP contribution in [0, 0.1) is 9.49 Å². The minimum atomic E-state index is -0.758. The van der Waals surface area contributed by atoms with Gasteiger partial charge in [0, 0.05) is 15.1 Å². The van der Waals surface area contributed by atoms with Crippen LogP contribution in [0.15, 0.2) is 18.2 Å². The third-order valence-corrected chi connectivity index (χ3v) is 5.13. The van der Waals surface area contributed by atoms with Crippen molar-refractivity contribution in [3.8, 4) is 0 Å². The van der Waals surface area contributed by atoms with E-state index in [1.165, 1.54) is 0 Å². The molecule has 20 heavy (non-hydrogen) atoms. The van der Waals surface area contributed by atoms with Crippen molar-refractivity contribution in [3.05, 3.63) is 32.4 Å². The number of rotatable bonds is 3. The maximum atomic E-state index is 12.2. The van der Waals surface area contributed by atoms with E-state index in [1.807, 2.05) is 6.07 Å². The zero-order chi connectivity index (χ0) is 14.8. The molecule has 5 heteroatoms. The Bertz CT molecular complexity index is 499. The monoisotopic (exact) mass is 407 g/mol. The van der Waals surface area contributed by atoms with Gasteiger partial charge < -0.3 is 10.4 Å². The number of carbonyl (C=O) groups excluding carboxylic acids is 1. The van der Waals surface area contributed by atoms with Gasteiger partial charge in [-0.3, -0.25) is 4.79 Å². The molecule has 0 atom stereocenters. The predicted molar refractivity (Wildman–Crippen MR) is 89.1 cm³/mol. The molecule has 0 radical (unpaired) electrons. The highest BCUT2D eigenvalue weighted by molar-refractivity contribution is 14.1. The quantitative estimate of drug-likeness (QED) is 0.752. The Morgan fingerprint density at radius 1 is 1.50 bits per heavy atom. The average Bonchev–Trinajstić information content (AvgIpc) is 2.43. The summed E-state index contributed by atoms with van der Waals surface area (Å²) in [5, 5.41) is 13.8. The van der Waals surface area contributed by atoms with E-state index in [9.17, 15) is 9.90 Å². The van der Waals surface area contributed by atoms with Gasteiger partial charge in [-0.25, -0.2) is 0 Å². The molecule has 1 aliphatic carbocycles. The smallest absolute Gasteiger partial charge is 0.252 e. The van der Waals surface area contributed by atoms with Crippen LogP contribution in [0.2, 0.25) is 5.02 Å². The third kappa shape index (κ3) is 4.09. The molecule has 0 bridgehead atoms. The van der Waals surface area contributed by atoms with E-state index in [1.54, 1.807) is 12.1 Å². The van der Waals surface area contributed by atoms with Crippen LogP contribution in [-0.2, 0) is 0 Å². The van der Waals surface area contributed by atoms with Crippen molar-refractivity contribution in [3.63, 3.8) is 0 Å². The summed E-state index contributed by atoms with van der Waals surface area (Å²) in [7, 11) is 0. The normalized spacial score (nSPS) is 26.3. The first-order chi connectivity index (χ1) is 9.39. The van der Waals surface area contributed by atoms with Gasteiger partial charge in [0.15, 0.2) is 0 Å². The summed E-state index contributed by atoms with van der Waals surface area (Å²) in [6, 6.07) is 5.23. The topological polar surface area (TPSA) is 49.3 Å². The summed E-state index contributed by atoms with van der Waals surface area (Å²) in [5.74, 6) is 0.490. The van der Waals surface area contributed by atoms with Crippen LogP contribution in [-0.4, -0.2) is 23.2 Å². The van der Waals surface area contributed by atoms with Gasteiger partial charge in [0.1, 0.15) is 0 Å². The average molecular weight is 408 g/mol. The first-order valence-electron chi connectivity index (χ1n) is 6.85. The van der Waals surface area contributed by atoms with Crippen LogP contribution < -0.4 is 5.32 Å². The molecule has 1 fully saturated rings. The number of hydrogen-bond acceptors (Lipinski definition) is 2. The SMILES string of the molecule is CC1CCC(O)(CNC(=O)c2cc(Cl)ccc2I)CC1. The van der Waals surface area contributed by atoms with Gasteiger partial charge in [-0.2, -0.15) is 0 Å². The molecule has 1 amide bonds. The van der Waals surface area contributed by atoms with E-state index in [4.69, 9.17) is 11.6 Å². The Morgan fingerprint density at radius 3 is 2.80 bits per heavy atom. The van der Waals surface area contributed by atoms with Crippen LogP contribution >= 0.6 is 34.2 Å². The molecule has 1 aromatic rings. The van der Waals surface area contributed by atoms with E-state index in [2.05, 4.69) is 34.8 Å². The van der Waals surface area contributed by atoms with Crippen molar-refractivity contribution in [2.75, 3.05) is 6.54 Å². The second-order valence-corrected chi connectivity index (χ2v) is 7.31. The second kappa shape index (κ2) is 6.62. The van der Waals surface area contributed by atoms with Gasteiger partial charge in [-0.1, -0.05) is 18.5 Å². The Kier molecular flexibility index (Phi) is 5.31. The largest absolute Gasteiger partial charge is 0.388 e. The number of halogens is 2. The van der Waals surface area contributed by atoms with Gasteiger partial charge in [0.2, 0.25) is 0 Å². The molecule has 2 rings (SSSR count). The number of carbonyl (C=O) groups is 1. The number of aliphatic hydroxyl groups is 1. The van der Waals surface area contributed by atoms with E-state index < -0.39 is 5.60 Å². The highest BCUT2D eigenvalue weighted by Gasteiger charge is 2.32.